The number of thioether (sulfide) groups is 1. The van der Waals surface area contributed by atoms with Crippen LogP contribution in [-0.2, 0) is 14.3 Å². The summed E-state index contributed by atoms with van der Waals surface area (Å²) in [5.41, 5.74) is 5.06. The van der Waals surface area contributed by atoms with Crippen LogP contribution in [0.2, 0.25) is 0 Å². The molecule has 8 heteroatoms. The van der Waals surface area contributed by atoms with Crippen molar-refractivity contribution in [3.8, 4) is 5.69 Å². The van der Waals surface area contributed by atoms with E-state index in [0.717, 1.165) is 52.4 Å². The van der Waals surface area contributed by atoms with E-state index in [2.05, 4.69) is 47.6 Å². The number of anilines is 1. The van der Waals surface area contributed by atoms with E-state index >= 15 is 0 Å². The summed E-state index contributed by atoms with van der Waals surface area (Å²) in [7, 11) is 0. The van der Waals surface area contributed by atoms with Crippen LogP contribution in [0.3, 0.4) is 0 Å². The average molecular weight is 470 g/mol. The van der Waals surface area contributed by atoms with Crippen LogP contribution in [0.4, 0.5) is 10.5 Å². The lowest BCUT2D eigenvalue weighted by Gasteiger charge is -2.21. The zero-order chi connectivity index (χ0) is 24.3. The number of amides is 2. The van der Waals surface area contributed by atoms with Crippen molar-refractivity contribution < 1.29 is 19.1 Å². The molecule has 1 aliphatic heterocycles. The summed E-state index contributed by atoms with van der Waals surface area (Å²) in [6, 6.07) is 10.4. The summed E-state index contributed by atoms with van der Waals surface area (Å²) < 4.78 is 7.19. The Hall–Kier alpha value is -3.00. The number of nitrogens with zero attached hydrogens (tertiary/aromatic N) is 3. The van der Waals surface area contributed by atoms with E-state index in [1.165, 1.54) is 5.69 Å². The number of hydrogen-bond donors (Lipinski definition) is 0. The van der Waals surface area contributed by atoms with Crippen molar-refractivity contribution in [1.82, 2.24) is 9.47 Å². The lowest BCUT2D eigenvalue weighted by Crippen LogP contribution is -2.35. The number of aromatic nitrogens is 1. The van der Waals surface area contributed by atoms with Crippen LogP contribution in [0, 0.1) is 13.8 Å². The molecule has 0 atom stereocenters. The molecule has 1 aromatic carbocycles. The molecule has 3 rings (SSSR count). The third-order valence-corrected chi connectivity index (χ3v) is 6.43. The highest BCUT2D eigenvalue weighted by atomic mass is 32.2. The lowest BCUT2D eigenvalue weighted by molar-refractivity contribution is -0.149. The monoisotopic (exact) mass is 469 g/mol. The Kier molecular flexibility index (Phi) is 7.68. The molecule has 7 nitrogen and oxygen atoms in total. The number of rotatable bonds is 8. The minimum atomic E-state index is -0.597. The number of carbonyl (C=O) groups excluding carboxylic acids is 3. The van der Waals surface area contributed by atoms with Gasteiger partial charge in [-0.3, -0.25) is 19.3 Å². The van der Waals surface area contributed by atoms with Crippen LogP contribution in [0.15, 0.2) is 35.2 Å². The zero-order valence-electron chi connectivity index (χ0n) is 20.0. The smallest absolute Gasteiger partial charge is 0.326 e. The van der Waals surface area contributed by atoms with Gasteiger partial charge in [-0.15, -0.1) is 0 Å². The molecule has 1 fully saturated rings. The number of aryl methyl sites for hydroxylation is 1. The zero-order valence-corrected chi connectivity index (χ0v) is 20.9. The van der Waals surface area contributed by atoms with Crippen molar-refractivity contribution in [2.75, 3.05) is 24.5 Å². The van der Waals surface area contributed by atoms with Gasteiger partial charge in [-0.1, -0.05) is 0 Å². The molecule has 1 saturated heterocycles. The third kappa shape index (κ3) is 5.33. The Labute approximate surface area is 199 Å². The predicted molar refractivity (Wildman–Crippen MR) is 133 cm³/mol. The van der Waals surface area contributed by atoms with Crippen LogP contribution in [0.25, 0.3) is 11.8 Å². The van der Waals surface area contributed by atoms with E-state index in [9.17, 15) is 14.4 Å². The Bertz CT molecular complexity index is 1080. The summed E-state index contributed by atoms with van der Waals surface area (Å²) in [4.78, 5) is 40.6. The maximum atomic E-state index is 12.8. The van der Waals surface area contributed by atoms with E-state index < -0.39 is 17.1 Å². The minimum absolute atomic E-state index is 0.300. The molecule has 2 amide bonds. The van der Waals surface area contributed by atoms with Crippen molar-refractivity contribution in [3.63, 3.8) is 0 Å². The van der Waals surface area contributed by atoms with Gasteiger partial charge < -0.3 is 14.2 Å². The Balaban J connectivity index is 1.85. The number of imide groups is 1. The largest absolute Gasteiger partial charge is 0.462 e. The van der Waals surface area contributed by atoms with Crippen LogP contribution in [0.5, 0.6) is 0 Å². The van der Waals surface area contributed by atoms with E-state index in [4.69, 9.17) is 4.74 Å². The van der Waals surface area contributed by atoms with E-state index in [-0.39, 0.29) is 12.6 Å². The van der Waals surface area contributed by atoms with Gasteiger partial charge in [0, 0.05) is 35.9 Å². The average Bonchev–Trinajstić information content (AvgIpc) is 3.18. The van der Waals surface area contributed by atoms with Gasteiger partial charge in [0.05, 0.1) is 11.0 Å². The highest BCUT2D eigenvalue weighted by Gasteiger charge is 2.37. The number of hydrogen-bond acceptors (Lipinski definition) is 6. The molecule has 33 heavy (non-hydrogen) atoms. The van der Waals surface area contributed by atoms with Gasteiger partial charge in [0.1, 0.15) is 6.54 Å². The van der Waals surface area contributed by atoms with Gasteiger partial charge in [-0.05, 0) is 95.3 Å². The molecule has 0 N–H and O–H groups in total. The third-order valence-electron chi connectivity index (χ3n) is 5.52. The molecular weight excluding hydrogens is 438 g/mol. The second-order valence-corrected chi connectivity index (χ2v) is 9.15. The second kappa shape index (κ2) is 10.3. The fourth-order valence-corrected chi connectivity index (χ4v) is 4.77. The standard InChI is InChI=1S/C25H31N3O4S/c1-7-26(8-2)20-9-11-21(12-10-20)28-17(5)13-19(18(28)6)14-22-24(30)27(25(31)33-22)15-23(29)32-16(3)4/h9-14,16H,7-8,15H2,1-6H3/b22-14+. The normalized spacial score (nSPS) is 15.1. The highest BCUT2D eigenvalue weighted by molar-refractivity contribution is 8.18. The quantitative estimate of drug-likeness (QED) is 0.403. The van der Waals surface area contributed by atoms with Crippen LogP contribution in [-0.4, -0.2) is 52.3 Å². The van der Waals surface area contributed by atoms with Crippen molar-refractivity contribution in [3.05, 3.63) is 52.2 Å². The van der Waals surface area contributed by atoms with Gasteiger partial charge in [-0.2, -0.15) is 0 Å². The topological polar surface area (TPSA) is 71.8 Å². The maximum absolute atomic E-state index is 12.8. The number of esters is 1. The summed E-state index contributed by atoms with van der Waals surface area (Å²) in [5, 5.41) is -0.465. The highest BCUT2D eigenvalue weighted by Crippen LogP contribution is 2.34. The maximum Gasteiger partial charge on any atom is 0.326 e. The fourth-order valence-electron chi connectivity index (χ4n) is 3.94. The first-order chi connectivity index (χ1) is 15.7. The summed E-state index contributed by atoms with van der Waals surface area (Å²) in [5.74, 6) is -1.07. The molecule has 0 bridgehead atoms. The number of ether oxygens (including phenoxy) is 1. The van der Waals surface area contributed by atoms with Crippen molar-refractivity contribution in [2.45, 2.75) is 47.6 Å². The van der Waals surface area contributed by atoms with E-state index in [1.807, 2.05) is 19.9 Å². The molecule has 0 aliphatic carbocycles. The fraction of sp³-hybridized carbons (Fsp3) is 0.400. The summed E-state index contributed by atoms with van der Waals surface area (Å²) in [6.07, 6.45) is 1.42. The first-order valence-corrected chi connectivity index (χ1v) is 12.0. The Morgan fingerprint density at radius 2 is 1.76 bits per heavy atom. The Morgan fingerprint density at radius 1 is 1.12 bits per heavy atom. The molecule has 1 aromatic heterocycles. The first-order valence-electron chi connectivity index (χ1n) is 11.1. The van der Waals surface area contributed by atoms with Crippen molar-refractivity contribution in [2.24, 2.45) is 0 Å². The molecular formula is C25H31N3O4S. The summed E-state index contributed by atoms with van der Waals surface area (Å²) in [6.45, 7) is 13.2. The van der Waals surface area contributed by atoms with Gasteiger partial charge >= 0.3 is 5.97 Å². The predicted octanol–water partition coefficient (Wildman–Crippen LogP) is 4.93. The van der Waals surface area contributed by atoms with Crippen LogP contribution < -0.4 is 4.90 Å². The van der Waals surface area contributed by atoms with Gasteiger partial charge in [0.2, 0.25) is 0 Å². The lowest BCUT2D eigenvalue weighted by atomic mass is 10.2. The van der Waals surface area contributed by atoms with Crippen molar-refractivity contribution >= 4 is 40.6 Å². The molecule has 1 aliphatic rings. The molecule has 2 aromatic rings. The van der Waals surface area contributed by atoms with Crippen LogP contribution in [0.1, 0.15) is 44.6 Å². The van der Waals surface area contributed by atoms with Crippen molar-refractivity contribution in [1.29, 1.82) is 0 Å². The first kappa shape index (κ1) is 24.6. The van der Waals surface area contributed by atoms with Gasteiger partial charge in [0.15, 0.2) is 0 Å². The number of benzene rings is 1. The Morgan fingerprint density at radius 3 is 2.33 bits per heavy atom. The van der Waals surface area contributed by atoms with Crippen LogP contribution >= 0.6 is 11.8 Å². The van der Waals surface area contributed by atoms with E-state index in [0.29, 0.717) is 4.91 Å². The summed E-state index contributed by atoms with van der Waals surface area (Å²) >= 11 is 0.843. The SMILES string of the molecule is CCN(CC)c1ccc(-n2c(C)cc(/C=C3/SC(=O)N(CC(=O)OC(C)C)C3=O)c2C)cc1. The van der Waals surface area contributed by atoms with Gasteiger partial charge in [-0.25, -0.2) is 0 Å². The minimum Gasteiger partial charge on any atom is -0.462 e. The van der Waals surface area contributed by atoms with E-state index in [1.54, 1.807) is 19.9 Å². The molecule has 2 heterocycles. The van der Waals surface area contributed by atoms with Gasteiger partial charge in [0.25, 0.3) is 11.1 Å². The number of carbonyl (C=O) groups is 3. The molecule has 0 spiro atoms. The second-order valence-electron chi connectivity index (χ2n) is 8.16. The molecule has 0 radical (unpaired) electrons. The molecule has 0 saturated carbocycles. The molecule has 0 unspecified atom stereocenters. The molecule has 176 valence electrons.